The highest BCUT2D eigenvalue weighted by molar-refractivity contribution is 5.85. The Morgan fingerprint density at radius 3 is 2.48 bits per heavy atom. The Hall–Kier alpha value is -1.85. The van der Waals surface area contributed by atoms with Crippen molar-refractivity contribution in [2.45, 2.75) is 25.9 Å². The van der Waals surface area contributed by atoms with Gasteiger partial charge < -0.3 is 11.1 Å². The zero-order chi connectivity index (χ0) is 14.4. The van der Waals surface area contributed by atoms with Crippen LogP contribution in [0.2, 0.25) is 0 Å². The molecule has 0 saturated heterocycles. The third kappa shape index (κ3) is 5.21. The number of aromatic nitrogens is 2. The molecule has 1 heterocycles. The third-order valence-electron chi connectivity index (χ3n) is 3.28. The summed E-state index contributed by atoms with van der Waals surface area (Å²) in [6, 6.07) is 9.88. The Kier molecular flexibility index (Phi) is 6.91. The molecule has 21 heavy (non-hydrogen) atoms. The van der Waals surface area contributed by atoms with E-state index in [1.54, 1.807) is 10.9 Å². The van der Waals surface area contributed by atoms with Gasteiger partial charge in [0.15, 0.2) is 0 Å². The highest BCUT2D eigenvalue weighted by Gasteiger charge is 2.04. The van der Waals surface area contributed by atoms with Crippen LogP contribution in [-0.2, 0) is 31.4 Å². The van der Waals surface area contributed by atoms with Crippen molar-refractivity contribution in [1.29, 1.82) is 0 Å². The Morgan fingerprint density at radius 1 is 1.24 bits per heavy atom. The zero-order valence-corrected chi connectivity index (χ0v) is 12.9. The second-order valence-corrected chi connectivity index (χ2v) is 4.74. The number of aryl methyl sites for hydroxylation is 2. The molecule has 3 N–H and O–H groups in total. The van der Waals surface area contributed by atoms with Crippen LogP contribution in [-0.4, -0.2) is 15.7 Å². The van der Waals surface area contributed by atoms with E-state index in [2.05, 4.69) is 10.4 Å². The van der Waals surface area contributed by atoms with Gasteiger partial charge in [0.25, 0.3) is 0 Å². The van der Waals surface area contributed by atoms with Gasteiger partial charge in [-0.1, -0.05) is 24.3 Å². The van der Waals surface area contributed by atoms with Gasteiger partial charge in [0.1, 0.15) is 0 Å². The van der Waals surface area contributed by atoms with Gasteiger partial charge in [-0.2, -0.15) is 5.10 Å². The van der Waals surface area contributed by atoms with E-state index in [-0.39, 0.29) is 18.3 Å². The lowest BCUT2D eigenvalue weighted by Gasteiger charge is -2.06. The molecule has 0 radical (unpaired) electrons. The average molecular weight is 309 g/mol. The maximum atomic E-state index is 11.8. The normalized spacial score (nSPS) is 10.0. The first-order valence-electron chi connectivity index (χ1n) is 6.70. The van der Waals surface area contributed by atoms with Crippen molar-refractivity contribution in [1.82, 2.24) is 15.1 Å². The minimum atomic E-state index is 0. The van der Waals surface area contributed by atoms with Gasteiger partial charge in [-0.15, -0.1) is 12.4 Å². The number of carbonyl (C=O) groups is 1. The van der Waals surface area contributed by atoms with E-state index in [4.69, 9.17) is 5.73 Å². The van der Waals surface area contributed by atoms with Crippen LogP contribution in [0, 0.1) is 0 Å². The van der Waals surface area contributed by atoms with E-state index >= 15 is 0 Å². The second kappa shape index (κ2) is 8.44. The molecule has 6 heteroatoms. The molecule has 0 saturated carbocycles. The maximum absolute atomic E-state index is 11.8. The molecule has 1 amide bonds. The second-order valence-electron chi connectivity index (χ2n) is 4.74. The minimum Gasteiger partial charge on any atom is -0.352 e. The number of hydrogen-bond acceptors (Lipinski definition) is 3. The van der Waals surface area contributed by atoms with Gasteiger partial charge in [-0.05, 0) is 23.6 Å². The van der Waals surface area contributed by atoms with Crippen molar-refractivity contribution in [3.8, 4) is 0 Å². The van der Waals surface area contributed by atoms with Crippen molar-refractivity contribution in [2.24, 2.45) is 12.8 Å². The van der Waals surface area contributed by atoms with E-state index in [9.17, 15) is 4.79 Å². The molecule has 1 aromatic carbocycles. The molecule has 114 valence electrons. The molecular weight excluding hydrogens is 288 g/mol. The van der Waals surface area contributed by atoms with Crippen LogP contribution in [0.5, 0.6) is 0 Å². The molecule has 0 spiro atoms. The number of carbonyl (C=O) groups excluding carboxylic acids is 1. The van der Waals surface area contributed by atoms with Gasteiger partial charge in [-0.25, -0.2) is 0 Å². The monoisotopic (exact) mass is 308 g/mol. The van der Waals surface area contributed by atoms with Crippen LogP contribution >= 0.6 is 12.4 Å². The standard InChI is InChI=1S/C15H20N4O.ClH/c1-19-14(8-9-18-19)6-7-15(20)17-11-13-4-2-12(10-16)3-5-13;/h2-5,8-9H,6-7,10-11,16H2,1H3,(H,17,20);1H. The van der Waals surface area contributed by atoms with E-state index in [0.717, 1.165) is 16.8 Å². The number of benzene rings is 1. The summed E-state index contributed by atoms with van der Waals surface area (Å²) < 4.78 is 1.79. The fraction of sp³-hybridized carbons (Fsp3) is 0.333. The predicted octanol–water partition coefficient (Wildman–Crippen LogP) is 1.55. The molecule has 0 unspecified atom stereocenters. The molecular formula is C15H21ClN4O. The Balaban J connectivity index is 0.00000220. The summed E-state index contributed by atoms with van der Waals surface area (Å²) in [5.41, 5.74) is 8.78. The highest BCUT2D eigenvalue weighted by atomic mass is 35.5. The van der Waals surface area contributed by atoms with Gasteiger partial charge in [0.2, 0.25) is 5.91 Å². The van der Waals surface area contributed by atoms with Crippen molar-refractivity contribution in [3.63, 3.8) is 0 Å². The third-order valence-corrected chi connectivity index (χ3v) is 3.28. The maximum Gasteiger partial charge on any atom is 0.220 e. The van der Waals surface area contributed by atoms with Crippen molar-refractivity contribution < 1.29 is 4.79 Å². The minimum absolute atomic E-state index is 0. The number of halogens is 1. The molecule has 0 aliphatic carbocycles. The van der Waals surface area contributed by atoms with Gasteiger partial charge in [-0.3, -0.25) is 9.48 Å². The summed E-state index contributed by atoms with van der Waals surface area (Å²) in [6.45, 7) is 1.09. The number of hydrogen-bond donors (Lipinski definition) is 2. The number of nitrogens with two attached hydrogens (primary N) is 1. The summed E-state index contributed by atoms with van der Waals surface area (Å²) in [7, 11) is 1.88. The van der Waals surface area contributed by atoms with Crippen molar-refractivity contribution in [3.05, 3.63) is 53.3 Å². The summed E-state index contributed by atoms with van der Waals surface area (Å²) in [6.07, 6.45) is 2.92. The predicted molar refractivity (Wildman–Crippen MR) is 85.0 cm³/mol. The Bertz CT molecular complexity index is 565. The topological polar surface area (TPSA) is 72.9 Å². The Morgan fingerprint density at radius 2 is 1.90 bits per heavy atom. The first-order valence-corrected chi connectivity index (χ1v) is 6.70. The first-order chi connectivity index (χ1) is 9.69. The molecule has 0 bridgehead atoms. The molecule has 1 aromatic heterocycles. The van der Waals surface area contributed by atoms with Gasteiger partial charge >= 0.3 is 0 Å². The molecule has 2 aromatic rings. The van der Waals surface area contributed by atoms with Crippen molar-refractivity contribution >= 4 is 18.3 Å². The van der Waals surface area contributed by atoms with E-state index in [1.807, 2.05) is 37.4 Å². The number of amides is 1. The van der Waals surface area contributed by atoms with Crippen LogP contribution in [0.3, 0.4) is 0 Å². The van der Waals surface area contributed by atoms with Crippen LogP contribution in [0.1, 0.15) is 23.2 Å². The van der Waals surface area contributed by atoms with Crippen LogP contribution in [0.4, 0.5) is 0 Å². The fourth-order valence-corrected chi connectivity index (χ4v) is 1.97. The van der Waals surface area contributed by atoms with Gasteiger partial charge in [0.05, 0.1) is 0 Å². The lowest BCUT2D eigenvalue weighted by molar-refractivity contribution is -0.121. The molecule has 0 fully saturated rings. The van der Waals surface area contributed by atoms with E-state index in [1.165, 1.54) is 0 Å². The van der Waals surface area contributed by atoms with E-state index < -0.39 is 0 Å². The average Bonchev–Trinajstić information content (AvgIpc) is 2.89. The van der Waals surface area contributed by atoms with E-state index in [0.29, 0.717) is 25.9 Å². The summed E-state index contributed by atoms with van der Waals surface area (Å²) in [5, 5.41) is 7.00. The van der Waals surface area contributed by atoms with Crippen LogP contribution in [0.25, 0.3) is 0 Å². The number of rotatable bonds is 6. The fourth-order valence-electron chi connectivity index (χ4n) is 1.97. The first kappa shape index (κ1) is 17.2. The smallest absolute Gasteiger partial charge is 0.220 e. The van der Waals surface area contributed by atoms with Gasteiger partial charge in [0, 0.05) is 38.4 Å². The van der Waals surface area contributed by atoms with Crippen LogP contribution in [0.15, 0.2) is 36.5 Å². The number of nitrogens with one attached hydrogen (secondary N) is 1. The molecule has 0 aliphatic rings. The zero-order valence-electron chi connectivity index (χ0n) is 12.1. The molecule has 0 atom stereocenters. The summed E-state index contributed by atoms with van der Waals surface area (Å²) in [5.74, 6) is 0.0501. The van der Waals surface area contributed by atoms with Crippen LogP contribution < -0.4 is 11.1 Å². The quantitative estimate of drug-likeness (QED) is 0.850. The molecule has 0 aliphatic heterocycles. The SMILES string of the molecule is Cl.Cn1nccc1CCC(=O)NCc1ccc(CN)cc1. The number of nitrogens with zero attached hydrogens (tertiary/aromatic N) is 2. The lowest BCUT2D eigenvalue weighted by atomic mass is 10.1. The van der Waals surface area contributed by atoms with Crippen molar-refractivity contribution in [2.75, 3.05) is 0 Å². The highest BCUT2D eigenvalue weighted by Crippen LogP contribution is 2.04. The summed E-state index contributed by atoms with van der Waals surface area (Å²) >= 11 is 0. The molecule has 2 rings (SSSR count). The summed E-state index contributed by atoms with van der Waals surface area (Å²) in [4.78, 5) is 11.8. The lowest BCUT2D eigenvalue weighted by Crippen LogP contribution is -2.23. The largest absolute Gasteiger partial charge is 0.352 e. The Labute approximate surface area is 130 Å². The molecule has 5 nitrogen and oxygen atoms in total.